The molecule has 24 heavy (non-hydrogen) atoms. The first kappa shape index (κ1) is 17.8. The van der Waals surface area contributed by atoms with Crippen LogP contribution in [-0.2, 0) is 6.18 Å². The van der Waals surface area contributed by atoms with Gasteiger partial charge < -0.3 is 4.74 Å². The summed E-state index contributed by atoms with van der Waals surface area (Å²) >= 11 is 0. The van der Waals surface area contributed by atoms with Gasteiger partial charge in [0.05, 0.1) is 18.2 Å². The first-order chi connectivity index (χ1) is 11.1. The van der Waals surface area contributed by atoms with Crippen molar-refractivity contribution in [2.45, 2.75) is 6.18 Å². The minimum absolute atomic E-state index is 0.199. The number of alkyl halides is 3. The molecular formula is C15H7F7O2. The molecule has 0 unspecified atom stereocenters. The number of halogens is 7. The Balaban J connectivity index is 2.70. The molecule has 0 fully saturated rings. The Kier molecular flexibility index (Phi) is 4.54. The van der Waals surface area contributed by atoms with Gasteiger partial charge in [-0.05, 0) is 24.3 Å². The summed E-state index contributed by atoms with van der Waals surface area (Å²) in [6, 6.07) is 1.27. The maximum atomic E-state index is 13.7. The third-order valence-electron chi connectivity index (χ3n) is 3.12. The lowest BCUT2D eigenvalue weighted by molar-refractivity contribution is -0.138. The Bertz CT molecular complexity index is 812. The SMILES string of the molecule is COc1cc(C(F)(F)F)c(C(=O)c2ccc(F)c(F)c2F)cc1F. The number of methoxy groups -OCH3 is 1. The molecule has 2 nitrogen and oxygen atoms in total. The molecule has 0 radical (unpaired) electrons. The van der Waals surface area contributed by atoms with E-state index >= 15 is 0 Å². The molecule has 0 bridgehead atoms. The Labute approximate surface area is 130 Å². The van der Waals surface area contributed by atoms with Crippen molar-refractivity contribution in [3.05, 3.63) is 64.2 Å². The van der Waals surface area contributed by atoms with E-state index in [1.54, 1.807) is 0 Å². The van der Waals surface area contributed by atoms with Crippen molar-refractivity contribution in [2.24, 2.45) is 0 Å². The van der Waals surface area contributed by atoms with Gasteiger partial charge in [0.1, 0.15) is 0 Å². The zero-order chi connectivity index (χ0) is 18.2. The normalized spacial score (nSPS) is 11.5. The Morgan fingerprint density at radius 2 is 1.54 bits per heavy atom. The summed E-state index contributed by atoms with van der Waals surface area (Å²) in [5, 5.41) is 0. The topological polar surface area (TPSA) is 26.3 Å². The third kappa shape index (κ3) is 3.06. The lowest BCUT2D eigenvalue weighted by Crippen LogP contribution is -2.16. The molecule has 0 N–H and O–H groups in total. The Hall–Kier alpha value is -2.58. The van der Waals surface area contributed by atoms with Crippen molar-refractivity contribution in [3.63, 3.8) is 0 Å². The van der Waals surface area contributed by atoms with E-state index < -0.39 is 57.7 Å². The van der Waals surface area contributed by atoms with Crippen molar-refractivity contribution in [1.29, 1.82) is 0 Å². The third-order valence-corrected chi connectivity index (χ3v) is 3.12. The van der Waals surface area contributed by atoms with Crippen LogP contribution < -0.4 is 4.74 Å². The van der Waals surface area contributed by atoms with Crippen LogP contribution >= 0.6 is 0 Å². The maximum absolute atomic E-state index is 13.7. The van der Waals surface area contributed by atoms with Crippen LogP contribution in [-0.4, -0.2) is 12.9 Å². The molecule has 9 heteroatoms. The van der Waals surface area contributed by atoms with Gasteiger partial charge >= 0.3 is 6.18 Å². The van der Waals surface area contributed by atoms with Gasteiger partial charge in [-0.3, -0.25) is 4.79 Å². The molecule has 128 valence electrons. The van der Waals surface area contributed by atoms with Gasteiger partial charge in [0.25, 0.3) is 0 Å². The van der Waals surface area contributed by atoms with E-state index in [1.165, 1.54) is 0 Å². The number of ketones is 1. The van der Waals surface area contributed by atoms with Crippen LogP contribution in [0.2, 0.25) is 0 Å². The fraction of sp³-hybridized carbons (Fsp3) is 0.133. The Morgan fingerprint density at radius 1 is 0.917 bits per heavy atom. The second-order valence-electron chi connectivity index (χ2n) is 4.58. The van der Waals surface area contributed by atoms with Crippen molar-refractivity contribution >= 4 is 5.78 Å². The molecule has 0 aliphatic heterocycles. The highest BCUT2D eigenvalue weighted by atomic mass is 19.4. The van der Waals surface area contributed by atoms with Crippen molar-refractivity contribution in [2.75, 3.05) is 7.11 Å². The molecule has 0 amide bonds. The molecule has 2 aromatic rings. The molecule has 0 saturated heterocycles. The number of carbonyl (C=O) groups excluding carboxylic acids is 1. The van der Waals surface area contributed by atoms with E-state index in [2.05, 4.69) is 4.74 Å². The lowest BCUT2D eigenvalue weighted by Gasteiger charge is -2.14. The molecule has 2 aromatic carbocycles. The van der Waals surface area contributed by atoms with Gasteiger partial charge in [-0.2, -0.15) is 13.2 Å². The highest BCUT2D eigenvalue weighted by Crippen LogP contribution is 2.37. The molecule has 0 aliphatic rings. The summed E-state index contributed by atoms with van der Waals surface area (Å²) in [5.41, 5.74) is -4.02. The van der Waals surface area contributed by atoms with Crippen LogP contribution in [0.1, 0.15) is 21.5 Å². The quantitative estimate of drug-likeness (QED) is 0.462. The average molecular weight is 352 g/mol. The number of ether oxygens (including phenoxy) is 1. The lowest BCUT2D eigenvalue weighted by atomic mass is 9.97. The molecular weight excluding hydrogens is 345 g/mol. The molecule has 0 aromatic heterocycles. The second kappa shape index (κ2) is 6.14. The predicted octanol–water partition coefficient (Wildman–Crippen LogP) is 4.50. The van der Waals surface area contributed by atoms with E-state index in [9.17, 15) is 35.5 Å². The molecule has 2 rings (SSSR count). The first-order valence-electron chi connectivity index (χ1n) is 6.20. The van der Waals surface area contributed by atoms with Crippen LogP contribution in [0, 0.1) is 23.3 Å². The van der Waals surface area contributed by atoms with Gasteiger partial charge in [-0.1, -0.05) is 0 Å². The number of carbonyl (C=O) groups is 1. The van der Waals surface area contributed by atoms with Crippen molar-refractivity contribution in [1.82, 2.24) is 0 Å². The number of rotatable bonds is 3. The zero-order valence-corrected chi connectivity index (χ0v) is 11.8. The summed E-state index contributed by atoms with van der Waals surface area (Å²) in [6.45, 7) is 0. The van der Waals surface area contributed by atoms with Crippen LogP contribution in [0.3, 0.4) is 0 Å². The standard InChI is InChI=1S/C15H7F7O2/c1-24-11-5-8(15(20,21)22)7(4-10(11)17)14(23)6-2-3-9(16)13(19)12(6)18/h2-5H,1H3. The molecule has 0 saturated carbocycles. The van der Waals surface area contributed by atoms with Crippen LogP contribution in [0.25, 0.3) is 0 Å². The van der Waals surface area contributed by atoms with Crippen LogP contribution in [0.4, 0.5) is 30.7 Å². The van der Waals surface area contributed by atoms with E-state index in [4.69, 9.17) is 0 Å². The monoisotopic (exact) mass is 352 g/mol. The van der Waals surface area contributed by atoms with Crippen LogP contribution in [0.15, 0.2) is 24.3 Å². The van der Waals surface area contributed by atoms with Crippen LogP contribution in [0.5, 0.6) is 5.75 Å². The van der Waals surface area contributed by atoms with Gasteiger partial charge in [0.2, 0.25) is 0 Å². The van der Waals surface area contributed by atoms with E-state index in [-0.39, 0.29) is 12.1 Å². The van der Waals surface area contributed by atoms with E-state index in [1.807, 2.05) is 0 Å². The highest BCUT2D eigenvalue weighted by Gasteiger charge is 2.37. The van der Waals surface area contributed by atoms with Gasteiger partial charge in [-0.15, -0.1) is 0 Å². The molecule has 0 heterocycles. The molecule has 0 atom stereocenters. The fourth-order valence-electron chi connectivity index (χ4n) is 1.98. The van der Waals surface area contributed by atoms with E-state index in [0.29, 0.717) is 12.1 Å². The smallest absolute Gasteiger partial charge is 0.417 e. The summed E-state index contributed by atoms with van der Waals surface area (Å²) in [7, 11) is 0.912. The minimum Gasteiger partial charge on any atom is -0.494 e. The summed E-state index contributed by atoms with van der Waals surface area (Å²) in [5.74, 6) is -9.37. The van der Waals surface area contributed by atoms with Crippen molar-refractivity contribution < 1.29 is 40.3 Å². The highest BCUT2D eigenvalue weighted by molar-refractivity contribution is 6.10. The minimum atomic E-state index is -5.10. The zero-order valence-electron chi connectivity index (χ0n) is 11.8. The summed E-state index contributed by atoms with van der Waals surface area (Å²) < 4.78 is 96.9. The van der Waals surface area contributed by atoms with Gasteiger partial charge in [0, 0.05) is 5.56 Å². The fourth-order valence-corrected chi connectivity index (χ4v) is 1.98. The predicted molar refractivity (Wildman–Crippen MR) is 67.7 cm³/mol. The largest absolute Gasteiger partial charge is 0.494 e. The van der Waals surface area contributed by atoms with Gasteiger partial charge in [0.15, 0.2) is 34.8 Å². The molecule has 0 aliphatic carbocycles. The van der Waals surface area contributed by atoms with Gasteiger partial charge in [-0.25, -0.2) is 17.6 Å². The molecule has 0 spiro atoms. The summed E-state index contributed by atoms with van der Waals surface area (Å²) in [6.07, 6.45) is -5.10. The average Bonchev–Trinajstić information content (AvgIpc) is 2.50. The Morgan fingerprint density at radius 3 is 2.08 bits per heavy atom. The number of benzene rings is 2. The second-order valence-corrected chi connectivity index (χ2v) is 4.58. The van der Waals surface area contributed by atoms with Crippen molar-refractivity contribution in [3.8, 4) is 5.75 Å². The summed E-state index contributed by atoms with van der Waals surface area (Å²) in [4.78, 5) is 12.1. The first-order valence-corrected chi connectivity index (χ1v) is 6.20. The number of hydrogen-bond donors (Lipinski definition) is 0. The number of hydrogen-bond acceptors (Lipinski definition) is 2. The maximum Gasteiger partial charge on any atom is 0.417 e. The van der Waals surface area contributed by atoms with E-state index in [0.717, 1.165) is 7.11 Å².